The lowest BCUT2D eigenvalue weighted by Gasteiger charge is -2.18. The SMILES string of the molecule is CC(C)c1cc(Nc2nc(N3CCC(c4cccnc4)C3)nc3cccn23)[nH]n1. The quantitative estimate of drug-likeness (QED) is 0.542. The molecule has 0 amide bonds. The third kappa shape index (κ3) is 3.41. The minimum absolute atomic E-state index is 0.364. The molecule has 29 heavy (non-hydrogen) atoms. The van der Waals surface area contributed by atoms with Gasteiger partial charge in [0.1, 0.15) is 11.5 Å². The molecule has 4 aromatic rings. The normalized spacial score (nSPS) is 16.8. The molecule has 1 unspecified atom stereocenters. The van der Waals surface area contributed by atoms with Crippen molar-refractivity contribution in [2.24, 2.45) is 0 Å². The molecule has 0 bridgehead atoms. The van der Waals surface area contributed by atoms with Crippen LogP contribution in [0.3, 0.4) is 0 Å². The topological polar surface area (TPSA) is 87.0 Å². The first kappa shape index (κ1) is 17.7. The average molecular weight is 388 g/mol. The van der Waals surface area contributed by atoms with Crippen molar-refractivity contribution in [3.8, 4) is 0 Å². The van der Waals surface area contributed by atoms with Gasteiger partial charge in [-0.1, -0.05) is 19.9 Å². The molecule has 148 valence electrons. The minimum Gasteiger partial charge on any atom is -0.340 e. The largest absolute Gasteiger partial charge is 0.340 e. The van der Waals surface area contributed by atoms with E-state index in [1.54, 1.807) is 0 Å². The van der Waals surface area contributed by atoms with Crippen molar-refractivity contribution in [1.29, 1.82) is 0 Å². The second-order valence-electron chi connectivity index (χ2n) is 7.79. The summed E-state index contributed by atoms with van der Waals surface area (Å²) in [6, 6.07) is 10.1. The second-order valence-corrected chi connectivity index (χ2v) is 7.79. The van der Waals surface area contributed by atoms with Gasteiger partial charge in [-0.2, -0.15) is 15.1 Å². The highest BCUT2D eigenvalue weighted by atomic mass is 15.3. The first-order valence-electron chi connectivity index (χ1n) is 9.99. The first-order chi connectivity index (χ1) is 14.2. The van der Waals surface area contributed by atoms with Gasteiger partial charge in [0.2, 0.25) is 11.9 Å². The fourth-order valence-electron chi connectivity index (χ4n) is 3.80. The van der Waals surface area contributed by atoms with Crippen LogP contribution in [-0.2, 0) is 0 Å². The molecule has 1 fully saturated rings. The lowest BCUT2D eigenvalue weighted by Crippen LogP contribution is -2.23. The Morgan fingerprint density at radius 1 is 1.21 bits per heavy atom. The summed E-state index contributed by atoms with van der Waals surface area (Å²) in [5.41, 5.74) is 3.16. The molecule has 1 saturated heterocycles. The van der Waals surface area contributed by atoms with Gasteiger partial charge in [0.15, 0.2) is 0 Å². The molecular weight excluding hydrogens is 364 g/mol. The van der Waals surface area contributed by atoms with E-state index in [1.165, 1.54) is 5.56 Å². The van der Waals surface area contributed by atoms with E-state index in [1.807, 2.05) is 47.3 Å². The van der Waals surface area contributed by atoms with Crippen LogP contribution in [0.1, 0.15) is 43.4 Å². The number of nitrogens with zero attached hydrogens (tertiary/aromatic N) is 6. The summed E-state index contributed by atoms with van der Waals surface area (Å²) in [7, 11) is 0. The van der Waals surface area contributed by atoms with Gasteiger partial charge in [-0.05, 0) is 36.1 Å². The van der Waals surface area contributed by atoms with Crippen molar-refractivity contribution in [2.75, 3.05) is 23.3 Å². The van der Waals surface area contributed by atoms with Crippen LogP contribution in [0.15, 0.2) is 48.9 Å². The molecular formula is C21H24N8. The lowest BCUT2D eigenvalue weighted by atomic mass is 10.0. The van der Waals surface area contributed by atoms with Gasteiger partial charge >= 0.3 is 0 Å². The highest BCUT2D eigenvalue weighted by molar-refractivity contribution is 5.57. The Morgan fingerprint density at radius 2 is 2.14 bits per heavy atom. The number of pyridine rings is 1. The van der Waals surface area contributed by atoms with Gasteiger partial charge in [0.25, 0.3) is 0 Å². The maximum Gasteiger partial charge on any atom is 0.230 e. The Balaban J connectivity index is 1.43. The lowest BCUT2D eigenvalue weighted by molar-refractivity contribution is 0.767. The number of aromatic amines is 1. The van der Waals surface area contributed by atoms with E-state index < -0.39 is 0 Å². The monoisotopic (exact) mass is 388 g/mol. The van der Waals surface area contributed by atoms with Gasteiger partial charge < -0.3 is 10.2 Å². The van der Waals surface area contributed by atoms with Crippen molar-refractivity contribution in [3.63, 3.8) is 0 Å². The molecule has 0 saturated carbocycles. The summed E-state index contributed by atoms with van der Waals surface area (Å²) in [5.74, 6) is 3.10. The molecule has 2 N–H and O–H groups in total. The number of aromatic nitrogens is 6. The highest BCUT2D eigenvalue weighted by Crippen LogP contribution is 2.30. The molecule has 5 rings (SSSR count). The zero-order valence-corrected chi connectivity index (χ0v) is 16.6. The number of rotatable bonds is 5. The smallest absolute Gasteiger partial charge is 0.230 e. The van der Waals surface area contributed by atoms with Crippen LogP contribution in [0, 0.1) is 0 Å². The summed E-state index contributed by atoms with van der Waals surface area (Å²) in [5, 5.41) is 10.8. The van der Waals surface area contributed by atoms with Crippen molar-refractivity contribution >= 4 is 23.4 Å². The maximum atomic E-state index is 4.84. The molecule has 5 heterocycles. The molecule has 0 aromatic carbocycles. The van der Waals surface area contributed by atoms with E-state index in [9.17, 15) is 0 Å². The van der Waals surface area contributed by atoms with Crippen LogP contribution in [0.2, 0.25) is 0 Å². The third-order valence-electron chi connectivity index (χ3n) is 5.44. The minimum atomic E-state index is 0.364. The molecule has 8 nitrogen and oxygen atoms in total. The zero-order chi connectivity index (χ0) is 19.8. The molecule has 8 heteroatoms. The van der Waals surface area contributed by atoms with E-state index >= 15 is 0 Å². The van der Waals surface area contributed by atoms with E-state index in [0.717, 1.165) is 48.6 Å². The van der Waals surface area contributed by atoms with Crippen LogP contribution >= 0.6 is 0 Å². The summed E-state index contributed by atoms with van der Waals surface area (Å²) in [6.45, 7) is 6.07. The third-order valence-corrected chi connectivity index (χ3v) is 5.44. The fraction of sp³-hybridized carbons (Fsp3) is 0.333. The van der Waals surface area contributed by atoms with Gasteiger partial charge in [0, 0.05) is 43.7 Å². The fourth-order valence-corrected chi connectivity index (χ4v) is 3.80. The number of fused-ring (bicyclic) bond motifs is 1. The molecule has 1 aliphatic rings. The predicted octanol–water partition coefficient (Wildman–Crippen LogP) is 3.71. The molecule has 4 aromatic heterocycles. The number of anilines is 3. The van der Waals surface area contributed by atoms with Crippen LogP contribution in [-0.4, -0.2) is 42.6 Å². The molecule has 0 radical (unpaired) electrons. The Bertz CT molecular complexity index is 1110. The predicted molar refractivity (Wildman–Crippen MR) is 113 cm³/mol. The summed E-state index contributed by atoms with van der Waals surface area (Å²) in [6.07, 6.45) is 6.81. The van der Waals surface area contributed by atoms with Gasteiger partial charge in [-0.25, -0.2) is 0 Å². The molecule has 0 spiro atoms. The number of hydrogen-bond acceptors (Lipinski definition) is 6. The van der Waals surface area contributed by atoms with Crippen LogP contribution < -0.4 is 10.2 Å². The first-order valence-corrected chi connectivity index (χ1v) is 9.99. The highest BCUT2D eigenvalue weighted by Gasteiger charge is 2.26. The van der Waals surface area contributed by atoms with Crippen LogP contribution in [0.5, 0.6) is 0 Å². The second kappa shape index (κ2) is 7.20. The molecule has 0 aliphatic carbocycles. The van der Waals surface area contributed by atoms with Gasteiger partial charge in [-0.15, -0.1) is 0 Å². The summed E-state index contributed by atoms with van der Waals surface area (Å²) < 4.78 is 1.95. The molecule has 1 atom stereocenters. The zero-order valence-electron chi connectivity index (χ0n) is 16.6. The summed E-state index contributed by atoms with van der Waals surface area (Å²) in [4.78, 5) is 16.1. The van der Waals surface area contributed by atoms with E-state index in [4.69, 9.17) is 9.97 Å². The van der Waals surface area contributed by atoms with E-state index in [0.29, 0.717) is 11.8 Å². The standard InChI is InChI=1S/C21H24N8/c1-14(2)17-11-18(27-26-17)23-21-25-20(24-19-6-4-9-29(19)21)28-10-7-16(13-28)15-5-3-8-22-12-15/h3-6,8-9,11-12,14,16H,7,10,13H2,1-2H3,(H2,23,24,25,26,27). The van der Waals surface area contributed by atoms with Gasteiger partial charge in [-0.3, -0.25) is 14.5 Å². The Morgan fingerprint density at radius 3 is 2.93 bits per heavy atom. The maximum absolute atomic E-state index is 4.84. The Kier molecular flexibility index (Phi) is 4.38. The van der Waals surface area contributed by atoms with Crippen molar-refractivity contribution in [1.82, 2.24) is 29.5 Å². The number of H-pyrrole nitrogens is 1. The summed E-state index contributed by atoms with van der Waals surface area (Å²) >= 11 is 0. The molecule has 1 aliphatic heterocycles. The average Bonchev–Trinajstić information content (AvgIpc) is 3.48. The van der Waals surface area contributed by atoms with Gasteiger partial charge in [0.05, 0.1) is 5.69 Å². The van der Waals surface area contributed by atoms with Crippen molar-refractivity contribution in [3.05, 3.63) is 60.2 Å². The Labute approximate surface area is 169 Å². The van der Waals surface area contributed by atoms with Crippen LogP contribution in [0.4, 0.5) is 17.7 Å². The number of hydrogen-bond donors (Lipinski definition) is 2. The van der Waals surface area contributed by atoms with E-state index in [-0.39, 0.29) is 0 Å². The number of nitrogens with one attached hydrogen (secondary N) is 2. The van der Waals surface area contributed by atoms with Crippen molar-refractivity contribution < 1.29 is 0 Å². The Hall–Kier alpha value is -3.42. The van der Waals surface area contributed by atoms with Crippen LogP contribution in [0.25, 0.3) is 5.65 Å². The van der Waals surface area contributed by atoms with E-state index in [2.05, 4.69) is 45.3 Å². The van der Waals surface area contributed by atoms with Crippen molar-refractivity contribution in [2.45, 2.75) is 32.1 Å².